The van der Waals surface area contributed by atoms with Gasteiger partial charge >= 0.3 is 17.1 Å². The van der Waals surface area contributed by atoms with Gasteiger partial charge in [0.1, 0.15) is 0 Å². The number of halogens is 6. The third-order valence-electron chi connectivity index (χ3n) is 3.77. The molecule has 0 aliphatic carbocycles. The van der Waals surface area contributed by atoms with Crippen LogP contribution >= 0.6 is 0 Å². The van der Waals surface area contributed by atoms with Crippen molar-refractivity contribution in [2.24, 2.45) is 5.41 Å². The zero-order valence-corrected chi connectivity index (χ0v) is 11.8. The molecule has 0 aliphatic heterocycles. The Hall–Kier alpha value is -0.510. The molecule has 0 bridgehead atoms. The number of rotatable bonds is 7. The number of alkyl halides is 6. The molecule has 0 amide bonds. The molecule has 3 nitrogen and oxygen atoms in total. The first-order valence-corrected chi connectivity index (χ1v) is 7.18. The summed E-state index contributed by atoms with van der Waals surface area (Å²) >= 11 is 0. The average Bonchev–Trinajstić information content (AvgIpc) is 2.29. The molecular weight excluding hydrogens is 314 g/mol. The predicted molar refractivity (Wildman–Crippen MR) is 57.8 cm³/mol. The molecular formula is C10H15F6O3S-. The molecule has 0 rings (SSSR count). The molecule has 0 atom stereocenters. The van der Waals surface area contributed by atoms with Gasteiger partial charge in [-0.25, -0.2) is 8.42 Å². The second-order valence-electron chi connectivity index (χ2n) is 4.46. The fourth-order valence-electron chi connectivity index (χ4n) is 2.09. The molecule has 10 heteroatoms. The van der Waals surface area contributed by atoms with Gasteiger partial charge in [-0.3, -0.25) is 0 Å². The van der Waals surface area contributed by atoms with E-state index in [1.807, 2.05) is 0 Å². The third kappa shape index (κ3) is 2.40. The first-order valence-electron chi connectivity index (χ1n) is 5.77. The summed E-state index contributed by atoms with van der Waals surface area (Å²) < 4.78 is 111. The van der Waals surface area contributed by atoms with Crippen molar-refractivity contribution in [3.8, 4) is 0 Å². The van der Waals surface area contributed by atoms with E-state index >= 15 is 0 Å². The van der Waals surface area contributed by atoms with Gasteiger partial charge in [-0.1, -0.05) is 20.8 Å². The summed E-state index contributed by atoms with van der Waals surface area (Å²) in [6, 6.07) is 0. The third-order valence-corrected chi connectivity index (χ3v) is 4.65. The van der Waals surface area contributed by atoms with E-state index in [0.29, 0.717) is 0 Å². The molecule has 0 aromatic carbocycles. The molecule has 20 heavy (non-hydrogen) atoms. The molecule has 0 saturated heterocycles. The average molecular weight is 329 g/mol. The Balaban J connectivity index is 6.18. The maximum absolute atomic E-state index is 13.9. The van der Waals surface area contributed by atoms with Gasteiger partial charge in [-0.05, 0) is 19.3 Å². The smallest absolute Gasteiger partial charge is 0.402 e. The lowest BCUT2D eigenvalue weighted by Gasteiger charge is -2.44. The lowest BCUT2D eigenvalue weighted by Crippen LogP contribution is -2.63. The highest BCUT2D eigenvalue weighted by atomic mass is 32.2. The van der Waals surface area contributed by atoms with Crippen LogP contribution in [-0.4, -0.2) is 30.1 Å². The van der Waals surface area contributed by atoms with Gasteiger partial charge in [0.2, 0.25) is 0 Å². The maximum atomic E-state index is 13.9. The van der Waals surface area contributed by atoms with Crippen molar-refractivity contribution in [1.29, 1.82) is 0 Å². The van der Waals surface area contributed by atoms with E-state index in [1.54, 1.807) is 0 Å². The minimum Gasteiger partial charge on any atom is -0.743 e. The van der Waals surface area contributed by atoms with E-state index in [0.717, 1.165) is 20.8 Å². The van der Waals surface area contributed by atoms with E-state index < -0.39 is 51.9 Å². The summed E-state index contributed by atoms with van der Waals surface area (Å²) in [4.78, 5) is 0. The van der Waals surface area contributed by atoms with Crippen LogP contribution in [0.1, 0.15) is 40.0 Å². The maximum Gasteiger partial charge on any atom is 0.402 e. The second kappa shape index (κ2) is 5.36. The quantitative estimate of drug-likeness (QED) is 0.529. The lowest BCUT2D eigenvalue weighted by atomic mass is 9.71. The fraction of sp³-hybridized carbons (Fsp3) is 1.00. The largest absolute Gasteiger partial charge is 0.743 e. The molecule has 0 aromatic rings. The van der Waals surface area contributed by atoms with E-state index in [9.17, 15) is 39.3 Å². The van der Waals surface area contributed by atoms with Crippen molar-refractivity contribution in [2.75, 3.05) is 0 Å². The lowest BCUT2D eigenvalue weighted by molar-refractivity contribution is -0.323. The van der Waals surface area contributed by atoms with Gasteiger partial charge in [-0.2, -0.15) is 26.3 Å². The van der Waals surface area contributed by atoms with Gasteiger partial charge in [0.15, 0.2) is 10.1 Å². The Morgan fingerprint density at radius 3 is 1.30 bits per heavy atom. The van der Waals surface area contributed by atoms with Crippen LogP contribution in [0.5, 0.6) is 0 Å². The molecule has 0 heterocycles. The summed E-state index contributed by atoms with van der Waals surface area (Å²) in [6.07, 6.45) is -1.76. The summed E-state index contributed by atoms with van der Waals surface area (Å²) in [5, 5.41) is -6.39. The second-order valence-corrected chi connectivity index (χ2v) is 5.88. The van der Waals surface area contributed by atoms with Crippen molar-refractivity contribution in [3.63, 3.8) is 0 Å². The highest BCUT2D eigenvalue weighted by Crippen LogP contribution is 2.58. The minimum atomic E-state index is -6.94. The molecule has 0 radical (unpaired) electrons. The van der Waals surface area contributed by atoms with Crippen molar-refractivity contribution in [2.45, 2.75) is 57.1 Å². The van der Waals surface area contributed by atoms with E-state index in [1.165, 1.54) is 0 Å². The highest BCUT2D eigenvalue weighted by molar-refractivity contribution is 7.86. The molecule has 0 unspecified atom stereocenters. The summed E-state index contributed by atoms with van der Waals surface area (Å²) in [7, 11) is -6.94. The Morgan fingerprint density at radius 1 is 0.800 bits per heavy atom. The van der Waals surface area contributed by atoms with Crippen molar-refractivity contribution >= 4 is 10.1 Å². The zero-order chi connectivity index (χ0) is 16.6. The first kappa shape index (κ1) is 19.5. The Morgan fingerprint density at radius 2 is 1.10 bits per heavy atom. The van der Waals surface area contributed by atoms with Crippen LogP contribution in [0, 0.1) is 5.41 Å². The SMILES string of the molecule is CCC(CC)(CC)C(F)(F)C(F)(F)C(F)(F)S(=O)(=O)[O-]. The molecule has 0 aliphatic rings. The molecule has 0 N–H and O–H groups in total. The Labute approximate surface area is 113 Å². The van der Waals surface area contributed by atoms with Crippen LogP contribution in [0.25, 0.3) is 0 Å². The van der Waals surface area contributed by atoms with Gasteiger partial charge in [0.25, 0.3) is 0 Å². The van der Waals surface area contributed by atoms with Crippen LogP contribution in [0.2, 0.25) is 0 Å². The van der Waals surface area contributed by atoms with Crippen LogP contribution in [0.15, 0.2) is 0 Å². The van der Waals surface area contributed by atoms with Crippen LogP contribution in [0.4, 0.5) is 26.3 Å². The minimum absolute atomic E-state index is 0.586. The summed E-state index contributed by atoms with van der Waals surface area (Å²) in [5.41, 5.74) is -2.54. The van der Waals surface area contributed by atoms with Gasteiger partial charge in [0.05, 0.1) is 0 Å². The fourth-order valence-corrected chi connectivity index (χ4v) is 2.53. The van der Waals surface area contributed by atoms with E-state index in [2.05, 4.69) is 0 Å². The van der Waals surface area contributed by atoms with E-state index in [4.69, 9.17) is 0 Å². The normalized spacial score (nSPS) is 15.5. The highest BCUT2D eigenvalue weighted by Gasteiger charge is 2.79. The van der Waals surface area contributed by atoms with Crippen molar-refractivity contribution in [1.82, 2.24) is 0 Å². The van der Waals surface area contributed by atoms with Gasteiger partial charge < -0.3 is 4.55 Å². The summed E-state index contributed by atoms with van der Waals surface area (Å²) in [6.45, 7) is 3.29. The Kier molecular flexibility index (Phi) is 5.22. The van der Waals surface area contributed by atoms with Crippen LogP contribution in [-0.2, 0) is 10.1 Å². The van der Waals surface area contributed by atoms with Crippen LogP contribution in [0.3, 0.4) is 0 Å². The molecule has 122 valence electrons. The topological polar surface area (TPSA) is 57.2 Å². The van der Waals surface area contributed by atoms with Crippen molar-refractivity contribution in [3.05, 3.63) is 0 Å². The Bertz CT molecular complexity index is 434. The molecule has 0 aromatic heterocycles. The number of hydrogen-bond donors (Lipinski definition) is 0. The standard InChI is InChI=1S/C10H16F6O3S/c1-4-7(5-2,6-3)8(11,12)9(13,14)10(15,16)20(17,18)19/h4-6H2,1-3H3,(H,17,18,19)/p-1. The van der Waals surface area contributed by atoms with Crippen molar-refractivity contribution < 1.29 is 39.3 Å². The first-order chi connectivity index (χ1) is 8.68. The van der Waals surface area contributed by atoms with Gasteiger partial charge in [-0.15, -0.1) is 0 Å². The predicted octanol–water partition coefficient (Wildman–Crippen LogP) is 3.61. The van der Waals surface area contributed by atoms with E-state index in [-0.39, 0.29) is 0 Å². The molecule has 0 fully saturated rings. The van der Waals surface area contributed by atoms with Crippen LogP contribution < -0.4 is 0 Å². The van der Waals surface area contributed by atoms with Gasteiger partial charge in [0, 0.05) is 5.41 Å². The zero-order valence-electron chi connectivity index (χ0n) is 11.0. The summed E-state index contributed by atoms with van der Waals surface area (Å²) in [5.74, 6) is -11.7. The molecule has 0 saturated carbocycles. The number of hydrogen-bond acceptors (Lipinski definition) is 3. The molecule has 0 spiro atoms. The monoisotopic (exact) mass is 329 g/mol.